The van der Waals surface area contributed by atoms with Gasteiger partial charge in [0.1, 0.15) is 5.41 Å². The summed E-state index contributed by atoms with van der Waals surface area (Å²) in [6.45, 7) is 0.563. The number of amides is 1. The van der Waals surface area contributed by atoms with Crippen molar-refractivity contribution >= 4 is 11.9 Å². The zero-order chi connectivity index (χ0) is 13.4. The van der Waals surface area contributed by atoms with Crippen molar-refractivity contribution in [1.29, 1.82) is 0 Å². The van der Waals surface area contributed by atoms with Crippen LogP contribution in [0.4, 0.5) is 0 Å². The smallest absolute Gasteiger partial charge is 0.319 e. The van der Waals surface area contributed by atoms with Crippen molar-refractivity contribution in [2.45, 2.75) is 44.1 Å². The van der Waals surface area contributed by atoms with Crippen LogP contribution in [0.3, 0.4) is 0 Å². The van der Waals surface area contributed by atoms with Gasteiger partial charge >= 0.3 is 5.97 Å². The third kappa shape index (κ3) is 2.11. The minimum absolute atomic E-state index is 0.0181. The van der Waals surface area contributed by atoms with E-state index in [4.69, 9.17) is 5.11 Å². The van der Waals surface area contributed by atoms with Gasteiger partial charge in [-0.3, -0.25) is 9.59 Å². The van der Waals surface area contributed by atoms with E-state index in [0.717, 1.165) is 12.8 Å². The van der Waals surface area contributed by atoms with E-state index in [1.54, 1.807) is 0 Å². The lowest BCUT2D eigenvalue weighted by Gasteiger charge is -2.36. The Labute approximate surface area is 108 Å². The maximum absolute atomic E-state index is 12.0. The molecule has 2 aliphatic carbocycles. The van der Waals surface area contributed by atoms with Crippen LogP contribution in [0.1, 0.15) is 38.5 Å². The number of hydrogen-bond acceptors (Lipinski definition) is 3. The number of nitrogens with zero attached hydrogens (tertiary/aromatic N) is 1. The van der Waals surface area contributed by atoms with Gasteiger partial charge in [0, 0.05) is 12.1 Å². The van der Waals surface area contributed by atoms with E-state index in [1.807, 2.05) is 14.1 Å². The topological polar surface area (TPSA) is 69.6 Å². The summed E-state index contributed by atoms with van der Waals surface area (Å²) < 4.78 is 0. The van der Waals surface area contributed by atoms with Crippen molar-refractivity contribution < 1.29 is 14.7 Å². The van der Waals surface area contributed by atoms with Crippen LogP contribution < -0.4 is 5.32 Å². The average Bonchev–Trinajstić information content (AvgIpc) is 2.99. The van der Waals surface area contributed by atoms with Gasteiger partial charge in [-0.2, -0.15) is 0 Å². The van der Waals surface area contributed by atoms with Crippen molar-refractivity contribution in [3.63, 3.8) is 0 Å². The molecule has 0 heterocycles. The van der Waals surface area contributed by atoms with E-state index in [9.17, 15) is 9.59 Å². The normalized spacial score (nSPS) is 23.9. The standard InChI is InChI=1S/C13H22N2O3/c1-15(2)12(5-3-4-6-12)9-14-10(16)13(7-8-13)11(17)18/h3-9H2,1-2H3,(H,14,16)(H,17,18). The fourth-order valence-electron chi connectivity index (χ4n) is 2.89. The van der Waals surface area contributed by atoms with E-state index in [0.29, 0.717) is 19.4 Å². The second kappa shape index (κ2) is 4.53. The van der Waals surface area contributed by atoms with Crippen LogP contribution in [-0.4, -0.2) is 48.1 Å². The minimum atomic E-state index is -1.12. The second-order valence-electron chi connectivity index (χ2n) is 5.90. The Morgan fingerprint density at radius 1 is 1.17 bits per heavy atom. The molecule has 0 aromatic heterocycles. The van der Waals surface area contributed by atoms with E-state index in [-0.39, 0.29) is 11.4 Å². The predicted molar refractivity (Wildman–Crippen MR) is 67.2 cm³/mol. The Morgan fingerprint density at radius 3 is 2.11 bits per heavy atom. The fourth-order valence-corrected chi connectivity index (χ4v) is 2.89. The first-order chi connectivity index (χ1) is 8.43. The van der Waals surface area contributed by atoms with Gasteiger partial charge in [-0.1, -0.05) is 12.8 Å². The van der Waals surface area contributed by atoms with E-state index >= 15 is 0 Å². The van der Waals surface area contributed by atoms with Crippen LogP contribution in [0.5, 0.6) is 0 Å². The lowest BCUT2D eigenvalue weighted by molar-refractivity contribution is -0.149. The quantitative estimate of drug-likeness (QED) is 0.713. The highest BCUT2D eigenvalue weighted by molar-refractivity contribution is 6.04. The Morgan fingerprint density at radius 2 is 1.72 bits per heavy atom. The van der Waals surface area contributed by atoms with Crippen molar-refractivity contribution in [2.24, 2.45) is 5.41 Å². The summed E-state index contributed by atoms with van der Waals surface area (Å²) in [7, 11) is 4.06. The number of likely N-dealkylation sites (N-methyl/N-ethyl adjacent to an activating group) is 1. The molecule has 0 aliphatic heterocycles. The average molecular weight is 254 g/mol. The monoisotopic (exact) mass is 254 g/mol. The molecule has 0 aromatic carbocycles. The molecular weight excluding hydrogens is 232 g/mol. The van der Waals surface area contributed by atoms with Gasteiger partial charge in [-0.05, 0) is 39.8 Å². The number of hydrogen-bond donors (Lipinski definition) is 2. The molecule has 102 valence electrons. The summed E-state index contributed by atoms with van der Waals surface area (Å²) in [5.41, 5.74) is -1.10. The fraction of sp³-hybridized carbons (Fsp3) is 0.846. The maximum Gasteiger partial charge on any atom is 0.319 e. The largest absolute Gasteiger partial charge is 0.480 e. The van der Waals surface area contributed by atoms with Crippen LogP contribution >= 0.6 is 0 Å². The molecule has 5 heteroatoms. The van der Waals surface area contributed by atoms with E-state index in [2.05, 4.69) is 10.2 Å². The number of rotatable bonds is 5. The summed E-state index contributed by atoms with van der Waals surface area (Å²) in [6.07, 6.45) is 5.45. The number of nitrogens with one attached hydrogen (secondary N) is 1. The van der Waals surface area contributed by atoms with Gasteiger partial charge in [0.2, 0.25) is 5.91 Å². The molecule has 0 radical (unpaired) electrons. The third-order valence-electron chi connectivity index (χ3n) is 4.65. The van der Waals surface area contributed by atoms with Gasteiger partial charge in [0.25, 0.3) is 0 Å². The molecule has 2 saturated carbocycles. The molecule has 0 atom stereocenters. The van der Waals surface area contributed by atoms with Crippen molar-refractivity contribution in [2.75, 3.05) is 20.6 Å². The van der Waals surface area contributed by atoms with Gasteiger partial charge < -0.3 is 15.3 Å². The first kappa shape index (κ1) is 13.3. The third-order valence-corrected chi connectivity index (χ3v) is 4.65. The molecule has 0 unspecified atom stereocenters. The second-order valence-corrected chi connectivity index (χ2v) is 5.90. The van der Waals surface area contributed by atoms with Gasteiger partial charge in [-0.15, -0.1) is 0 Å². The van der Waals surface area contributed by atoms with Crippen molar-refractivity contribution in [3.8, 4) is 0 Å². The highest BCUT2D eigenvalue weighted by Crippen LogP contribution is 2.46. The van der Waals surface area contributed by atoms with Crippen molar-refractivity contribution in [3.05, 3.63) is 0 Å². The molecule has 0 spiro atoms. The van der Waals surface area contributed by atoms with Gasteiger partial charge in [0.05, 0.1) is 0 Å². The Bertz CT molecular complexity index is 355. The predicted octanol–water partition coefficient (Wildman–Crippen LogP) is 0.842. The Hall–Kier alpha value is -1.10. The molecule has 2 rings (SSSR count). The Balaban J connectivity index is 1.95. The van der Waals surface area contributed by atoms with Gasteiger partial charge in [-0.25, -0.2) is 0 Å². The molecule has 2 fully saturated rings. The number of carbonyl (C=O) groups excluding carboxylic acids is 1. The number of carboxylic acids is 1. The number of aliphatic carboxylic acids is 1. The van der Waals surface area contributed by atoms with Crippen LogP contribution in [0.25, 0.3) is 0 Å². The molecular formula is C13H22N2O3. The highest BCUT2D eigenvalue weighted by atomic mass is 16.4. The van der Waals surface area contributed by atoms with E-state index in [1.165, 1.54) is 12.8 Å². The SMILES string of the molecule is CN(C)C1(CNC(=O)C2(C(=O)O)CC2)CCCC1. The minimum Gasteiger partial charge on any atom is -0.480 e. The van der Waals surface area contributed by atoms with Crippen LogP contribution in [-0.2, 0) is 9.59 Å². The summed E-state index contributed by atoms with van der Waals surface area (Å²) in [4.78, 5) is 25.2. The van der Waals surface area contributed by atoms with Gasteiger partial charge in [0.15, 0.2) is 0 Å². The summed E-state index contributed by atoms with van der Waals surface area (Å²) in [5.74, 6) is -1.28. The summed E-state index contributed by atoms with van der Waals surface area (Å²) >= 11 is 0. The Kier molecular flexibility index (Phi) is 3.36. The molecule has 0 aromatic rings. The maximum atomic E-state index is 12.0. The van der Waals surface area contributed by atoms with Crippen LogP contribution in [0.15, 0.2) is 0 Å². The number of carboxylic acid groups (broad SMARTS) is 1. The first-order valence-electron chi connectivity index (χ1n) is 6.62. The lowest BCUT2D eigenvalue weighted by Crippen LogP contribution is -2.52. The van der Waals surface area contributed by atoms with Crippen LogP contribution in [0, 0.1) is 5.41 Å². The lowest BCUT2D eigenvalue weighted by atomic mass is 9.95. The summed E-state index contributed by atoms with van der Waals surface area (Å²) in [5, 5.41) is 11.9. The molecule has 1 amide bonds. The highest BCUT2D eigenvalue weighted by Gasteiger charge is 2.57. The zero-order valence-corrected chi connectivity index (χ0v) is 11.2. The van der Waals surface area contributed by atoms with Crippen molar-refractivity contribution in [1.82, 2.24) is 10.2 Å². The molecule has 0 saturated heterocycles. The molecule has 0 bridgehead atoms. The first-order valence-corrected chi connectivity index (χ1v) is 6.62. The molecule has 2 N–H and O–H groups in total. The number of carbonyl (C=O) groups is 2. The van der Waals surface area contributed by atoms with E-state index < -0.39 is 11.4 Å². The molecule has 5 nitrogen and oxygen atoms in total. The zero-order valence-electron chi connectivity index (χ0n) is 11.2. The molecule has 2 aliphatic rings. The molecule has 18 heavy (non-hydrogen) atoms. The summed E-state index contributed by atoms with van der Waals surface area (Å²) in [6, 6.07) is 0. The van der Waals surface area contributed by atoms with Crippen LogP contribution in [0.2, 0.25) is 0 Å².